The number of ether oxygens (including phenoxy) is 2. The largest absolute Gasteiger partial charge is 0.497 e. The maximum atomic E-state index is 5.18. The van der Waals surface area contributed by atoms with Crippen molar-refractivity contribution in [2.24, 2.45) is 0 Å². The highest BCUT2D eigenvalue weighted by Gasteiger charge is 2.07. The van der Waals surface area contributed by atoms with Crippen LogP contribution < -0.4 is 10.1 Å². The van der Waals surface area contributed by atoms with E-state index in [0.717, 1.165) is 42.7 Å². The zero-order valence-corrected chi connectivity index (χ0v) is 12.2. The van der Waals surface area contributed by atoms with Gasteiger partial charge in [0.1, 0.15) is 5.75 Å². The second-order valence-corrected chi connectivity index (χ2v) is 4.55. The summed E-state index contributed by atoms with van der Waals surface area (Å²) in [5.41, 5.74) is 2.04. The van der Waals surface area contributed by atoms with Crippen LogP contribution in [0.3, 0.4) is 0 Å². The molecule has 5 nitrogen and oxygen atoms in total. The molecule has 1 N–H and O–H groups in total. The molecule has 0 aliphatic heterocycles. The first-order chi connectivity index (χ1) is 9.74. The minimum Gasteiger partial charge on any atom is -0.497 e. The minimum absolute atomic E-state index is 0.745. The molecular weight excluding hydrogens is 254 g/mol. The Morgan fingerprint density at radius 1 is 1.20 bits per heavy atom. The standard InChI is InChI=1S/C15H21N3O2/c1-12-11-18(13-5-7-14(20-3)8-6-13)15(17-12)16-9-4-10-19-2/h5-8,11H,4,9-10H2,1-3H3,(H,16,17). The van der Waals surface area contributed by atoms with Crippen molar-refractivity contribution in [2.75, 3.05) is 32.7 Å². The molecule has 0 aliphatic carbocycles. The second-order valence-electron chi connectivity index (χ2n) is 4.55. The van der Waals surface area contributed by atoms with Gasteiger partial charge < -0.3 is 14.8 Å². The first-order valence-corrected chi connectivity index (χ1v) is 6.68. The van der Waals surface area contributed by atoms with Gasteiger partial charge in [-0.25, -0.2) is 4.98 Å². The lowest BCUT2D eigenvalue weighted by atomic mass is 10.3. The van der Waals surface area contributed by atoms with Gasteiger partial charge in [-0.3, -0.25) is 4.57 Å². The highest BCUT2D eigenvalue weighted by atomic mass is 16.5. The van der Waals surface area contributed by atoms with Gasteiger partial charge in [-0.15, -0.1) is 0 Å². The predicted octanol–water partition coefficient (Wildman–Crippen LogP) is 2.64. The SMILES string of the molecule is COCCCNc1nc(C)cn1-c1ccc(OC)cc1. The highest BCUT2D eigenvalue weighted by molar-refractivity contribution is 5.45. The van der Waals surface area contributed by atoms with Crippen LogP contribution in [-0.2, 0) is 4.74 Å². The summed E-state index contributed by atoms with van der Waals surface area (Å²) in [7, 11) is 3.38. The molecule has 1 heterocycles. The number of imidazole rings is 1. The average molecular weight is 275 g/mol. The molecule has 0 bridgehead atoms. The Morgan fingerprint density at radius 3 is 2.60 bits per heavy atom. The zero-order chi connectivity index (χ0) is 14.4. The Labute approximate surface area is 119 Å². The van der Waals surface area contributed by atoms with Crippen molar-refractivity contribution in [3.63, 3.8) is 0 Å². The van der Waals surface area contributed by atoms with Crippen LogP contribution in [0.1, 0.15) is 12.1 Å². The monoisotopic (exact) mass is 275 g/mol. The molecule has 1 aromatic heterocycles. The van der Waals surface area contributed by atoms with Crippen LogP contribution in [0, 0.1) is 6.92 Å². The van der Waals surface area contributed by atoms with Gasteiger partial charge in [0.2, 0.25) is 5.95 Å². The van der Waals surface area contributed by atoms with Crippen molar-refractivity contribution in [2.45, 2.75) is 13.3 Å². The third-order valence-corrected chi connectivity index (χ3v) is 2.99. The number of nitrogens with one attached hydrogen (secondary N) is 1. The molecule has 108 valence electrons. The third kappa shape index (κ3) is 3.51. The van der Waals surface area contributed by atoms with Gasteiger partial charge in [0.05, 0.1) is 12.8 Å². The van der Waals surface area contributed by atoms with E-state index in [0.29, 0.717) is 0 Å². The Balaban J connectivity index is 2.13. The smallest absolute Gasteiger partial charge is 0.207 e. The molecule has 0 fully saturated rings. The van der Waals surface area contributed by atoms with Crippen LogP contribution in [0.4, 0.5) is 5.95 Å². The van der Waals surface area contributed by atoms with Gasteiger partial charge in [-0.2, -0.15) is 0 Å². The highest BCUT2D eigenvalue weighted by Crippen LogP contribution is 2.19. The molecule has 1 aromatic carbocycles. The summed E-state index contributed by atoms with van der Waals surface area (Å²) < 4.78 is 12.3. The number of hydrogen-bond donors (Lipinski definition) is 1. The van der Waals surface area contributed by atoms with Crippen LogP contribution in [0.2, 0.25) is 0 Å². The van der Waals surface area contributed by atoms with Crippen LogP contribution in [-0.4, -0.2) is 36.9 Å². The lowest BCUT2D eigenvalue weighted by molar-refractivity contribution is 0.197. The number of nitrogens with zero attached hydrogens (tertiary/aromatic N) is 2. The lowest BCUT2D eigenvalue weighted by Gasteiger charge is -2.10. The van der Waals surface area contributed by atoms with Crippen molar-refractivity contribution < 1.29 is 9.47 Å². The fourth-order valence-corrected chi connectivity index (χ4v) is 1.98. The third-order valence-electron chi connectivity index (χ3n) is 2.99. The number of rotatable bonds is 7. The van der Waals surface area contributed by atoms with E-state index < -0.39 is 0 Å². The maximum absolute atomic E-state index is 5.18. The minimum atomic E-state index is 0.745. The van der Waals surface area contributed by atoms with Crippen molar-refractivity contribution in [1.29, 1.82) is 0 Å². The average Bonchev–Trinajstić information content (AvgIpc) is 2.85. The van der Waals surface area contributed by atoms with E-state index in [-0.39, 0.29) is 0 Å². The Morgan fingerprint density at radius 2 is 1.95 bits per heavy atom. The van der Waals surface area contributed by atoms with Gasteiger partial charge in [-0.05, 0) is 37.6 Å². The van der Waals surface area contributed by atoms with E-state index in [2.05, 4.69) is 10.3 Å². The van der Waals surface area contributed by atoms with Crippen LogP contribution in [0.5, 0.6) is 5.75 Å². The first-order valence-electron chi connectivity index (χ1n) is 6.68. The Bertz CT molecular complexity index is 535. The summed E-state index contributed by atoms with van der Waals surface area (Å²) in [5.74, 6) is 1.70. The molecule has 0 amide bonds. The van der Waals surface area contributed by atoms with E-state index in [9.17, 15) is 0 Å². The summed E-state index contributed by atoms with van der Waals surface area (Å²) in [6, 6.07) is 7.92. The molecule has 0 radical (unpaired) electrons. The Hall–Kier alpha value is -2.01. The van der Waals surface area contributed by atoms with Crippen LogP contribution in [0.25, 0.3) is 5.69 Å². The van der Waals surface area contributed by atoms with E-state index in [4.69, 9.17) is 9.47 Å². The number of methoxy groups -OCH3 is 2. The van der Waals surface area contributed by atoms with Crippen molar-refractivity contribution in [3.8, 4) is 11.4 Å². The summed E-state index contributed by atoms with van der Waals surface area (Å²) in [6.07, 6.45) is 2.96. The predicted molar refractivity (Wildman–Crippen MR) is 79.8 cm³/mol. The van der Waals surface area contributed by atoms with Gasteiger partial charge in [0.25, 0.3) is 0 Å². The number of benzene rings is 1. The number of aryl methyl sites for hydroxylation is 1. The van der Waals surface area contributed by atoms with Crippen molar-refractivity contribution in [3.05, 3.63) is 36.2 Å². The molecule has 0 aliphatic rings. The number of aromatic nitrogens is 2. The number of hydrogen-bond acceptors (Lipinski definition) is 4. The molecule has 5 heteroatoms. The first kappa shape index (κ1) is 14.4. The normalized spacial score (nSPS) is 10.6. The summed E-state index contributed by atoms with van der Waals surface area (Å²) >= 11 is 0. The van der Waals surface area contributed by atoms with Gasteiger partial charge >= 0.3 is 0 Å². The van der Waals surface area contributed by atoms with Gasteiger partial charge in [0, 0.05) is 32.1 Å². The molecule has 0 atom stereocenters. The summed E-state index contributed by atoms with van der Waals surface area (Å²) in [4.78, 5) is 4.51. The van der Waals surface area contributed by atoms with Crippen molar-refractivity contribution in [1.82, 2.24) is 9.55 Å². The Kier molecular flexibility index (Phi) is 5.01. The maximum Gasteiger partial charge on any atom is 0.207 e. The molecule has 2 rings (SSSR count). The summed E-state index contributed by atoms with van der Waals surface area (Å²) in [5, 5.41) is 3.34. The van der Waals surface area contributed by atoms with E-state index in [1.807, 2.05) is 42.0 Å². The topological polar surface area (TPSA) is 48.3 Å². The summed E-state index contributed by atoms with van der Waals surface area (Å²) in [6.45, 7) is 3.57. The molecule has 0 saturated carbocycles. The van der Waals surface area contributed by atoms with E-state index >= 15 is 0 Å². The second kappa shape index (κ2) is 6.96. The van der Waals surface area contributed by atoms with Gasteiger partial charge in [-0.1, -0.05) is 0 Å². The van der Waals surface area contributed by atoms with E-state index in [1.165, 1.54) is 0 Å². The van der Waals surface area contributed by atoms with Gasteiger partial charge in [0.15, 0.2) is 0 Å². The fraction of sp³-hybridized carbons (Fsp3) is 0.400. The van der Waals surface area contributed by atoms with Crippen LogP contribution >= 0.6 is 0 Å². The van der Waals surface area contributed by atoms with Crippen molar-refractivity contribution >= 4 is 5.95 Å². The molecular formula is C15H21N3O2. The molecule has 0 saturated heterocycles. The quantitative estimate of drug-likeness (QED) is 0.789. The number of anilines is 1. The fourth-order valence-electron chi connectivity index (χ4n) is 1.98. The zero-order valence-electron chi connectivity index (χ0n) is 12.2. The van der Waals surface area contributed by atoms with Crippen LogP contribution in [0.15, 0.2) is 30.5 Å². The molecule has 0 unspecified atom stereocenters. The molecule has 2 aromatic rings. The molecule has 0 spiro atoms. The molecule has 20 heavy (non-hydrogen) atoms. The lowest BCUT2D eigenvalue weighted by Crippen LogP contribution is -2.09. The van der Waals surface area contributed by atoms with E-state index in [1.54, 1.807) is 14.2 Å².